The van der Waals surface area contributed by atoms with Crippen LogP contribution >= 0.6 is 0 Å². The summed E-state index contributed by atoms with van der Waals surface area (Å²) in [6.45, 7) is 0. The van der Waals surface area contributed by atoms with Crippen molar-refractivity contribution in [3.8, 4) is 16.9 Å². The van der Waals surface area contributed by atoms with Crippen LogP contribution in [-0.2, 0) is 0 Å². The van der Waals surface area contributed by atoms with Crippen LogP contribution in [0.5, 0.6) is 5.75 Å². The molecule has 0 atom stereocenters. The average molecular weight is 214 g/mol. The molecule has 3 nitrogen and oxygen atoms in total. The van der Waals surface area contributed by atoms with Gasteiger partial charge in [0.05, 0.1) is 7.11 Å². The van der Waals surface area contributed by atoms with E-state index in [1.807, 2.05) is 43.6 Å². The highest BCUT2D eigenvalue weighted by Crippen LogP contribution is 2.29. The molecule has 2 aromatic rings. The SMILES string of the molecule is CNc1ccc(-c2cnccc2OC)cc1. The van der Waals surface area contributed by atoms with Crippen LogP contribution in [0.4, 0.5) is 5.69 Å². The molecular weight excluding hydrogens is 200 g/mol. The van der Waals surface area contributed by atoms with Crippen molar-refractivity contribution in [3.05, 3.63) is 42.7 Å². The minimum atomic E-state index is 0.840. The largest absolute Gasteiger partial charge is 0.496 e. The van der Waals surface area contributed by atoms with Crippen molar-refractivity contribution in [2.24, 2.45) is 0 Å². The Bertz CT molecular complexity index is 466. The van der Waals surface area contributed by atoms with Crippen LogP contribution in [0.15, 0.2) is 42.7 Å². The van der Waals surface area contributed by atoms with E-state index in [1.54, 1.807) is 13.3 Å². The third-order valence-corrected chi connectivity index (χ3v) is 2.49. The third-order valence-electron chi connectivity index (χ3n) is 2.49. The Labute approximate surface area is 95.1 Å². The van der Waals surface area contributed by atoms with E-state index in [4.69, 9.17) is 4.74 Å². The maximum absolute atomic E-state index is 5.30. The Morgan fingerprint density at radius 2 is 1.88 bits per heavy atom. The first kappa shape index (κ1) is 10.5. The van der Waals surface area contributed by atoms with E-state index >= 15 is 0 Å². The molecule has 0 bridgehead atoms. The lowest BCUT2D eigenvalue weighted by atomic mass is 10.1. The number of benzene rings is 1. The molecule has 0 spiro atoms. The van der Waals surface area contributed by atoms with E-state index in [1.165, 1.54) is 0 Å². The van der Waals surface area contributed by atoms with Gasteiger partial charge in [-0.25, -0.2) is 0 Å². The van der Waals surface area contributed by atoms with Gasteiger partial charge in [-0.2, -0.15) is 0 Å². The quantitative estimate of drug-likeness (QED) is 0.853. The van der Waals surface area contributed by atoms with Crippen LogP contribution in [0.2, 0.25) is 0 Å². The number of rotatable bonds is 3. The maximum Gasteiger partial charge on any atom is 0.129 e. The zero-order valence-corrected chi connectivity index (χ0v) is 9.40. The lowest BCUT2D eigenvalue weighted by Crippen LogP contribution is -1.90. The number of hydrogen-bond donors (Lipinski definition) is 1. The molecule has 0 saturated carbocycles. The Morgan fingerprint density at radius 1 is 1.12 bits per heavy atom. The van der Waals surface area contributed by atoms with Crippen LogP contribution in [0.25, 0.3) is 11.1 Å². The predicted octanol–water partition coefficient (Wildman–Crippen LogP) is 2.80. The van der Waals surface area contributed by atoms with Crippen LogP contribution in [0.3, 0.4) is 0 Å². The standard InChI is InChI=1S/C13H14N2O/c1-14-11-5-3-10(4-6-11)12-9-15-8-7-13(12)16-2/h3-9,14H,1-2H3. The number of ether oxygens (including phenoxy) is 1. The summed E-state index contributed by atoms with van der Waals surface area (Å²) in [6, 6.07) is 10.0. The molecule has 1 N–H and O–H groups in total. The fourth-order valence-corrected chi connectivity index (χ4v) is 1.59. The molecule has 0 unspecified atom stereocenters. The van der Waals surface area contributed by atoms with Gasteiger partial charge in [0.2, 0.25) is 0 Å². The van der Waals surface area contributed by atoms with Gasteiger partial charge in [-0.05, 0) is 23.8 Å². The Hall–Kier alpha value is -2.03. The monoisotopic (exact) mass is 214 g/mol. The summed E-state index contributed by atoms with van der Waals surface area (Å²) < 4.78 is 5.30. The van der Waals surface area contributed by atoms with Crippen molar-refractivity contribution in [2.75, 3.05) is 19.5 Å². The average Bonchev–Trinajstić information content (AvgIpc) is 2.39. The van der Waals surface area contributed by atoms with Gasteiger partial charge in [0, 0.05) is 30.7 Å². The number of nitrogens with one attached hydrogen (secondary N) is 1. The Balaban J connectivity index is 2.42. The van der Waals surface area contributed by atoms with E-state index in [0.29, 0.717) is 0 Å². The van der Waals surface area contributed by atoms with E-state index in [2.05, 4.69) is 10.3 Å². The van der Waals surface area contributed by atoms with Crippen molar-refractivity contribution in [1.29, 1.82) is 0 Å². The van der Waals surface area contributed by atoms with E-state index < -0.39 is 0 Å². The fourth-order valence-electron chi connectivity index (χ4n) is 1.59. The van der Waals surface area contributed by atoms with E-state index in [-0.39, 0.29) is 0 Å². The minimum Gasteiger partial charge on any atom is -0.496 e. The topological polar surface area (TPSA) is 34.2 Å². The molecule has 0 aliphatic rings. The van der Waals surface area contributed by atoms with Crippen molar-refractivity contribution in [2.45, 2.75) is 0 Å². The molecule has 82 valence electrons. The number of hydrogen-bond acceptors (Lipinski definition) is 3. The highest BCUT2D eigenvalue weighted by molar-refractivity contribution is 5.70. The lowest BCUT2D eigenvalue weighted by molar-refractivity contribution is 0.416. The maximum atomic E-state index is 5.30. The zero-order valence-electron chi connectivity index (χ0n) is 9.40. The third kappa shape index (κ3) is 1.98. The molecule has 16 heavy (non-hydrogen) atoms. The number of anilines is 1. The first-order chi connectivity index (χ1) is 7.85. The van der Waals surface area contributed by atoms with Crippen LogP contribution in [0, 0.1) is 0 Å². The van der Waals surface area contributed by atoms with Gasteiger partial charge >= 0.3 is 0 Å². The second-order valence-electron chi connectivity index (χ2n) is 3.40. The molecule has 0 aliphatic carbocycles. The molecule has 0 radical (unpaired) electrons. The van der Waals surface area contributed by atoms with Gasteiger partial charge in [-0.3, -0.25) is 4.98 Å². The molecular formula is C13H14N2O. The number of nitrogens with zero attached hydrogens (tertiary/aromatic N) is 1. The Morgan fingerprint density at radius 3 is 2.50 bits per heavy atom. The number of methoxy groups -OCH3 is 1. The van der Waals surface area contributed by atoms with Gasteiger partial charge in [0.25, 0.3) is 0 Å². The molecule has 1 heterocycles. The summed E-state index contributed by atoms with van der Waals surface area (Å²) in [7, 11) is 3.57. The number of aromatic nitrogens is 1. The fraction of sp³-hybridized carbons (Fsp3) is 0.154. The highest BCUT2D eigenvalue weighted by Gasteiger charge is 2.04. The summed E-state index contributed by atoms with van der Waals surface area (Å²) in [4.78, 5) is 4.12. The first-order valence-corrected chi connectivity index (χ1v) is 5.11. The second-order valence-corrected chi connectivity index (χ2v) is 3.40. The summed E-state index contributed by atoms with van der Waals surface area (Å²) in [5.41, 5.74) is 3.20. The lowest BCUT2D eigenvalue weighted by Gasteiger charge is -2.08. The molecule has 3 heteroatoms. The first-order valence-electron chi connectivity index (χ1n) is 5.11. The summed E-state index contributed by atoms with van der Waals surface area (Å²) >= 11 is 0. The summed E-state index contributed by atoms with van der Waals surface area (Å²) in [5.74, 6) is 0.840. The van der Waals surface area contributed by atoms with Gasteiger partial charge in [-0.15, -0.1) is 0 Å². The zero-order chi connectivity index (χ0) is 11.4. The molecule has 1 aromatic carbocycles. The van der Waals surface area contributed by atoms with Crippen molar-refractivity contribution in [1.82, 2.24) is 4.98 Å². The molecule has 0 amide bonds. The minimum absolute atomic E-state index is 0.840. The molecule has 0 saturated heterocycles. The van der Waals surface area contributed by atoms with Crippen molar-refractivity contribution >= 4 is 5.69 Å². The highest BCUT2D eigenvalue weighted by atomic mass is 16.5. The summed E-state index contributed by atoms with van der Waals surface area (Å²) in [5, 5.41) is 3.09. The van der Waals surface area contributed by atoms with Gasteiger partial charge < -0.3 is 10.1 Å². The van der Waals surface area contributed by atoms with E-state index in [9.17, 15) is 0 Å². The van der Waals surface area contributed by atoms with Crippen molar-refractivity contribution in [3.63, 3.8) is 0 Å². The molecule has 2 rings (SSSR count). The number of pyridine rings is 1. The van der Waals surface area contributed by atoms with Crippen LogP contribution < -0.4 is 10.1 Å². The normalized spacial score (nSPS) is 9.88. The Kier molecular flexibility index (Phi) is 3.05. The smallest absolute Gasteiger partial charge is 0.129 e. The van der Waals surface area contributed by atoms with Gasteiger partial charge in [0.15, 0.2) is 0 Å². The summed E-state index contributed by atoms with van der Waals surface area (Å²) in [6.07, 6.45) is 3.54. The van der Waals surface area contributed by atoms with Gasteiger partial charge in [-0.1, -0.05) is 12.1 Å². The molecule has 0 fully saturated rings. The second kappa shape index (κ2) is 4.66. The van der Waals surface area contributed by atoms with Gasteiger partial charge in [0.1, 0.15) is 5.75 Å². The van der Waals surface area contributed by atoms with Crippen LogP contribution in [-0.4, -0.2) is 19.1 Å². The molecule has 0 aliphatic heterocycles. The van der Waals surface area contributed by atoms with Crippen LogP contribution in [0.1, 0.15) is 0 Å². The van der Waals surface area contributed by atoms with E-state index in [0.717, 1.165) is 22.6 Å². The van der Waals surface area contributed by atoms with Crippen molar-refractivity contribution < 1.29 is 4.74 Å². The molecule has 1 aromatic heterocycles. The predicted molar refractivity (Wildman–Crippen MR) is 65.8 cm³/mol.